The first-order valence-corrected chi connectivity index (χ1v) is 3.66. The van der Waals surface area contributed by atoms with Crippen LogP contribution in [0.3, 0.4) is 0 Å². The van der Waals surface area contributed by atoms with Gasteiger partial charge in [0.2, 0.25) is 0 Å². The van der Waals surface area contributed by atoms with Crippen molar-refractivity contribution in [3.05, 3.63) is 0 Å². The smallest absolute Gasteiger partial charge is 0.0992 e. The third kappa shape index (κ3) is 2.62. The highest BCUT2D eigenvalue weighted by Crippen LogP contribution is 2.31. The van der Waals surface area contributed by atoms with E-state index >= 15 is 0 Å². The van der Waals surface area contributed by atoms with Crippen LogP contribution in [0.15, 0.2) is 0 Å². The normalized spacial score (nSPS) is 29.9. The summed E-state index contributed by atoms with van der Waals surface area (Å²) in [6.45, 7) is 1.99. The van der Waals surface area contributed by atoms with Crippen molar-refractivity contribution >= 4 is 31.4 Å². The Hall–Kier alpha value is 0.220. The van der Waals surface area contributed by atoms with Crippen molar-refractivity contribution < 1.29 is 4.74 Å². The number of rotatable bonds is 0. The van der Waals surface area contributed by atoms with Crippen molar-refractivity contribution in [3.8, 4) is 0 Å². The molecule has 0 unspecified atom stereocenters. The van der Waals surface area contributed by atoms with Gasteiger partial charge in [-0.2, -0.15) is 0 Å². The molecule has 8 radical (unpaired) electrons. The zero-order valence-corrected chi connectivity index (χ0v) is 6.71. The van der Waals surface area contributed by atoms with Gasteiger partial charge >= 0.3 is 0 Å². The summed E-state index contributed by atoms with van der Waals surface area (Å²) in [5, 5.41) is -2.33. The Morgan fingerprint density at radius 1 is 1.09 bits per heavy atom. The second-order valence-corrected chi connectivity index (χ2v) is 3.53. The van der Waals surface area contributed by atoms with E-state index in [1.54, 1.807) is 0 Å². The fraction of sp³-hybridized carbons (Fsp3) is 1.00. The highest BCUT2D eigenvalue weighted by molar-refractivity contribution is 6.42. The van der Waals surface area contributed by atoms with Crippen LogP contribution in [0.4, 0.5) is 0 Å². The standard InChI is InChI=1S/C6H8B4O/c1-4-2-5(7,8)11-6(9,10)3-4/h4H,2-3H2,1H3. The molecule has 1 nitrogen and oxygen atoms in total. The molecule has 0 aromatic carbocycles. The summed E-state index contributed by atoms with van der Waals surface area (Å²) in [4.78, 5) is 0. The monoisotopic (exact) mass is 140 g/mol. The second kappa shape index (κ2) is 2.62. The van der Waals surface area contributed by atoms with E-state index in [2.05, 4.69) is 0 Å². The molecule has 11 heavy (non-hydrogen) atoms. The van der Waals surface area contributed by atoms with Crippen LogP contribution < -0.4 is 0 Å². The Kier molecular flexibility index (Phi) is 2.21. The summed E-state index contributed by atoms with van der Waals surface area (Å²) in [7, 11) is 22.2. The van der Waals surface area contributed by atoms with Gasteiger partial charge in [-0.15, -0.1) is 0 Å². The zero-order valence-electron chi connectivity index (χ0n) is 6.71. The lowest BCUT2D eigenvalue weighted by atomic mass is 9.52. The average molecular weight is 139 g/mol. The molecule has 0 aromatic rings. The van der Waals surface area contributed by atoms with Crippen LogP contribution >= 0.6 is 0 Å². The van der Waals surface area contributed by atoms with Gasteiger partial charge in [0.1, 0.15) is 0 Å². The molecule has 0 bridgehead atoms. The lowest BCUT2D eigenvalue weighted by Crippen LogP contribution is -2.52. The van der Waals surface area contributed by atoms with E-state index in [4.69, 9.17) is 36.1 Å². The fourth-order valence-corrected chi connectivity index (χ4v) is 1.60. The Balaban J connectivity index is 2.66. The summed E-state index contributed by atoms with van der Waals surface area (Å²) >= 11 is 0. The molecule has 0 amide bonds. The van der Waals surface area contributed by atoms with Gasteiger partial charge in [-0.1, -0.05) is 6.92 Å². The minimum Gasteiger partial charge on any atom is -0.407 e. The lowest BCUT2D eigenvalue weighted by molar-refractivity contribution is -0.0339. The number of hydrogen-bond donors (Lipinski definition) is 0. The SMILES string of the molecule is [B]C1([B])CC(C)CC([B])([B])O1. The molecule has 0 aromatic heterocycles. The van der Waals surface area contributed by atoms with Crippen molar-refractivity contribution in [2.45, 2.75) is 30.6 Å². The first-order chi connectivity index (χ1) is 4.81. The van der Waals surface area contributed by atoms with Crippen LogP contribution in [0, 0.1) is 5.92 Å². The highest BCUT2D eigenvalue weighted by atomic mass is 16.5. The van der Waals surface area contributed by atoms with Crippen LogP contribution in [0.25, 0.3) is 0 Å². The van der Waals surface area contributed by atoms with Gasteiger partial charge in [0, 0.05) is 0 Å². The molecule has 1 aliphatic rings. The summed E-state index contributed by atoms with van der Waals surface area (Å²) in [5.41, 5.74) is 0. The molecular weight excluding hydrogens is 131 g/mol. The molecule has 0 saturated carbocycles. The summed E-state index contributed by atoms with van der Waals surface area (Å²) < 4.78 is 5.04. The van der Waals surface area contributed by atoms with Crippen LogP contribution in [0.2, 0.25) is 0 Å². The Bertz CT molecular complexity index is 141. The number of ether oxygens (including phenoxy) is 1. The molecule has 50 valence electrons. The van der Waals surface area contributed by atoms with E-state index in [0.29, 0.717) is 18.8 Å². The quantitative estimate of drug-likeness (QED) is 0.408. The van der Waals surface area contributed by atoms with Gasteiger partial charge < -0.3 is 4.74 Å². The van der Waals surface area contributed by atoms with Crippen molar-refractivity contribution in [1.29, 1.82) is 0 Å². The minimum absolute atomic E-state index is 0.300. The van der Waals surface area contributed by atoms with E-state index in [1.165, 1.54) is 0 Å². The highest BCUT2D eigenvalue weighted by Gasteiger charge is 2.35. The fourth-order valence-electron chi connectivity index (χ4n) is 1.60. The average Bonchev–Trinajstić information content (AvgIpc) is 1.49. The Labute approximate surface area is 73.3 Å². The van der Waals surface area contributed by atoms with Gasteiger partial charge in [0.25, 0.3) is 0 Å². The van der Waals surface area contributed by atoms with E-state index in [1.807, 2.05) is 6.92 Å². The molecule has 1 rings (SSSR count). The van der Waals surface area contributed by atoms with Gasteiger partial charge in [-0.05, 0) is 29.6 Å². The van der Waals surface area contributed by atoms with Gasteiger partial charge in [0.05, 0.1) is 31.4 Å². The van der Waals surface area contributed by atoms with Crippen molar-refractivity contribution in [2.75, 3.05) is 0 Å². The van der Waals surface area contributed by atoms with Gasteiger partial charge in [0.15, 0.2) is 0 Å². The summed E-state index contributed by atoms with van der Waals surface area (Å²) in [6.07, 6.45) is 1.17. The van der Waals surface area contributed by atoms with Gasteiger partial charge in [-0.3, -0.25) is 0 Å². The predicted molar refractivity (Wildman–Crippen MR) is 48.0 cm³/mol. The molecule has 0 N–H and O–H groups in total. The summed E-state index contributed by atoms with van der Waals surface area (Å²) in [6, 6.07) is 0. The van der Waals surface area contributed by atoms with Crippen molar-refractivity contribution in [1.82, 2.24) is 0 Å². The van der Waals surface area contributed by atoms with Crippen LogP contribution in [-0.4, -0.2) is 42.2 Å². The molecule has 1 aliphatic heterocycles. The second-order valence-electron chi connectivity index (χ2n) is 3.53. The molecule has 0 spiro atoms. The third-order valence-electron chi connectivity index (χ3n) is 1.72. The van der Waals surface area contributed by atoms with E-state index in [9.17, 15) is 0 Å². The van der Waals surface area contributed by atoms with E-state index in [-0.39, 0.29) is 0 Å². The van der Waals surface area contributed by atoms with Crippen molar-refractivity contribution in [2.24, 2.45) is 5.92 Å². The van der Waals surface area contributed by atoms with E-state index in [0.717, 1.165) is 0 Å². The predicted octanol–water partition coefficient (Wildman–Crippen LogP) is -0.586. The maximum absolute atomic E-state index is 5.54. The molecule has 1 saturated heterocycles. The molecule has 5 heteroatoms. The van der Waals surface area contributed by atoms with Crippen LogP contribution in [0.5, 0.6) is 0 Å². The molecular formula is C6H8B4O. The topological polar surface area (TPSA) is 9.23 Å². The molecule has 1 fully saturated rings. The van der Waals surface area contributed by atoms with Crippen molar-refractivity contribution in [3.63, 3.8) is 0 Å². The molecule has 0 aliphatic carbocycles. The van der Waals surface area contributed by atoms with Crippen LogP contribution in [-0.2, 0) is 4.74 Å². The minimum atomic E-state index is -1.17. The first-order valence-electron chi connectivity index (χ1n) is 3.66. The van der Waals surface area contributed by atoms with Gasteiger partial charge in [-0.25, -0.2) is 0 Å². The first kappa shape index (κ1) is 9.31. The third-order valence-corrected chi connectivity index (χ3v) is 1.72. The maximum atomic E-state index is 5.54. The number of hydrogen-bond acceptors (Lipinski definition) is 1. The van der Waals surface area contributed by atoms with E-state index < -0.39 is 10.8 Å². The lowest BCUT2D eigenvalue weighted by Gasteiger charge is -2.46. The summed E-state index contributed by atoms with van der Waals surface area (Å²) in [5.74, 6) is 0.300. The molecule has 0 atom stereocenters. The Morgan fingerprint density at radius 2 is 1.45 bits per heavy atom. The van der Waals surface area contributed by atoms with Crippen LogP contribution in [0.1, 0.15) is 19.8 Å². The zero-order chi connectivity index (χ0) is 8.70. The maximum Gasteiger partial charge on any atom is 0.0992 e. The Morgan fingerprint density at radius 3 is 1.73 bits per heavy atom. The largest absolute Gasteiger partial charge is 0.407 e. The molecule has 1 heterocycles.